The van der Waals surface area contributed by atoms with Crippen LogP contribution in [0.15, 0.2) is 84.4 Å². The molecule has 1 fully saturated rings. The van der Waals surface area contributed by atoms with Crippen LogP contribution in [0.4, 0.5) is 4.39 Å². The largest absolute Gasteiger partial charge is 0.303 e. The predicted molar refractivity (Wildman–Crippen MR) is 136 cm³/mol. The van der Waals surface area contributed by atoms with E-state index < -0.39 is 0 Å². The third kappa shape index (κ3) is 5.28. The Morgan fingerprint density at radius 1 is 0.788 bits per heavy atom. The SMILES string of the molecule is FCCCN1CC(Cc2ccc(C3=C(Cc4ccccc4)CCCc4ccccc43)cc2)C1. The van der Waals surface area contributed by atoms with Crippen molar-refractivity contribution in [2.24, 2.45) is 5.92 Å². The van der Waals surface area contributed by atoms with E-state index in [2.05, 4.69) is 83.8 Å². The summed E-state index contributed by atoms with van der Waals surface area (Å²) in [6.45, 7) is 2.93. The maximum Gasteiger partial charge on any atom is 0.0906 e. The standard InChI is InChI=1S/C31H34FN/c32-18-7-19-33-22-26(23-33)20-25-14-16-28(17-15-25)31-29(21-24-8-2-1-3-9-24)12-6-11-27-10-4-5-13-30(27)31/h1-5,8-10,13-17,26H,6-7,11-12,18-23H2. The fraction of sp³-hybridized carbons (Fsp3) is 0.355. The minimum absolute atomic E-state index is 0.201. The summed E-state index contributed by atoms with van der Waals surface area (Å²) in [4.78, 5) is 2.38. The normalized spacial score (nSPS) is 16.9. The Morgan fingerprint density at radius 3 is 2.33 bits per heavy atom. The summed E-state index contributed by atoms with van der Waals surface area (Å²) in [5.74, 6) is 0.710. The third-order valence-corrected chi connectivity index (χ3v) is 7.23. The molecule has 0 saturated carbocycles. The molecule has 0 bridgehead atoms. The number of halogens is 1. The molecule has 0 aromatic heterocycles. The molecule has 0 N–H and O–H groups in total. The molecule has 5 rings (SSSR count). The molecular formula is C31H34FN. The molecule has 1 saturated heterocycles. The van der Waals surface area contributed by atoms with E-state index in [0.29, 0.717) is 12.3 Å². The van der Waals surface area contributed by atoms with Crippen LogP contribution in [0, 0.1) is 5.92 Å². The van der Waals surface area contributed by atoms with Crippen LogP contribution in [0.5, 0.6) is 0 Å². The lowest BCUT2D eigenvalue weighted by atomic mass is 9.87. The van der Waals surface area contributed by atoms with Gasteiger partial charge < -0.3 is 4.90 Å². The van der Waals surface area contributed by atoms with E-state index in [1.807, 2.05) is 0 Å². The Bertz CT molecular complexity index is 1080. The van der Waals surface area contributed by atoms with Crippen LogP contribution in [0.2, 0.25) is 0 Å². The zero-order chi connectivity index (χ0) is 22.5. The van der Waals surface area contributed by atoms with Gasteiger partial charge in [0.05, 0.1) is 6.67 Å². The first-order valence-corrected chi connectivity index (χ1v) is 12.5. The van der Waals surface area contributed by atoms with Crippen LogP contribution in [-0.2, 0) is 19.3 Å². The van der Waals surface area contributed by atoms with Gasteiger partial charge in [-0.3, -0.25) is 4.39 Å². The summed E-state index contributed by atoms with van der Waals surface area (Å²) < 4.78 is 12.4. The first-order chi connectivity index (χ1) is 16.3. The molecule has 2 aliphatic rings. The second-order valence-corrected chi connectivity index (χ2v) is 9.72. The van der Waals surface area contributed by atoms with Crippen LogP contribution >= 0.6 is 0 Å². The number of likely N-dealkylation sites (tertiary alicyclic amines) is 1. The number of benzene rings is 3. The van der Waals surface area contributed by atoms with Crippen molar-refractivity contribution in [2.75, 3.05) is 26.3 Å². The molecule has 1 aliphatic carbocycles. The van der Waals surface area contributed by atoms with Gasteiger partial charge in [0, 0.05) is 19.6 Å². The van der Waals surface area contributed by atoms with Gasteiger partial charge in [-0.2, -0.15) is 0 Å². The lowest BCUT2D eigenvalue weighted by Crippen LogP contribution is -2.47. The van der Waals surface area contributed by atoms with Gasteiger partial charge in [-0.25, -0.2) is 0 Å². The number of aryl methyl sites for hydroxylation is 1. The van der Waals surface area contributed by atoms with Crippen molar-refractivity contribution in [1.29, 1.82) is 0 Å². The van der Waals surface area contributed by atoms with Gasteiger partial charge in [0.2, 0.25) is 0 Å². The number of allylic oxidation sites excluding steroid dienone is 1. The van der Waals surface area contributed by atoms with Crippen molar-refractivity contribution >= 4 is 5.57 Å². The van der Waals surface area contributed by atoms with E-state index >= 15 is 0 Å². The van der Waals surface area contributed by atoms with Crippen LogP contribution in [0.3, 0.4) is 0 Å². The highest BCUT2D eigenvalue weighted by molar-refractivity contribution is 5.84. The number of hydrogen-bond acceptors (Lipinski definition) is 1. The van der Waals surface area contributed by atoms with Crippen molar-refractivity contribution in [3.05, 3.63) is 112 Å². The average molecular weight is 440 g/mol. The fourth-order valence-electron chi connectivity index (χ4n) is 5.58. The van der Waals surface area contributed by atoms with Crippen LogP contribution in [0.1, 0.15) is 47.1 Å². The number of hydrogen-bond donors (Lipinski definition) is 0. The summed E-state index contributed by atoms with van der Waals surface area (Å²) >= 11 is 0. The van der Waals surface area contributed by atoms with E-state index in [1.165, 1.54) is 39.8 Å². The van der Waals surface area contributed by atoms with E-state index in [0.717, 1.165) is 45.3 Å². The van der Waals surface area contributed by atoms with Gasteiger partial charge in [-0.15, -0.1) is 0 Å². The third-order valence-electron chi connectivity index (χ3n) is 7.23. The average Bonchev–Trinajstić information content (AvgIpc) is 3.01. The van der Waals surface area contributed by atoms with Crippen molar-refractivity contribution in [2.45, 2.75) is 38.5 Å². The minimum atomic E-state index is -0.201. The molecule has 0 radical (unpaired) electrons. The Kier molecular flexibility index (Phi) is 7.02. The molecular weight excluding hydrogens is 405 g/mol. The highest BCUT2D eigenvalue weighted by atomic mass is 19.1. The maximum absolute atomic E-state index is 12.4. The topological polar surface area (TPSA) is 3.24 Å². The monoisotopic (exact) mass is 439 g/mol. The molecule has 1 aliphatic heterocycles. The van der Waals surface area contributed by atoms with E-state index in [1.54, 1.807) is 5.57 Å². The zero-order valence-electron chi connectivity index (χ0n) is 19.5. The predicted octanol–water partition coefficient (Wildman–Crippen LogP) is 6.90. The maximum atomic E-state index is 12.4. The lowest BCUT2D eigenvalue weighted by Gasteiger charge is -2.39. The molecule has 0 unspecified atom stereocenters. The molecule has 1 nitrogen and oxygen atoms in total. The Balaban J connectivity index is 1.39. The molecule has 0 atom stereocenters. The van der Waals surface area contributed by atoms with E-state index in [-0.39, 0.29) is 6.67 Å². The first-order valence-electron chi connectivity index (χ1n) is 12.5. The van der Waals surface area contributed by atoms with Crippen molar-refractivity contribution in [3.8, 4) is 0 Å². The summed E-state index contributed by atoms with van der Waals surface area (Å²) in [6.07, 6.45) is 6.32. The lowest BCUT2D eigenvalue weighted by molar-refractivity contribution is 0.0968. The fourth-order valence-corrected chi connectivity index (χ4v) is 5.58. The van der Waals surface area contributed by atoms with E-state index in [9.17, 15) is 4.39 Å². The Morgan fingerprint density at radius 2 is 1.55 bits per heavy atom. The molecule has 0 spiro atoms. The van der Waals surface area contributed by atoms with Crippen molar-refractivity contribution in [1.82, 2.24) is 4.90 Å². The van der Waals surface area contributed by atoms with E-state index in [4.69, 9.17) is 0 Å². The molecule has 1 heterocycles. The summed E-state index contributed by atoms with van der Waals surface area (Å²) in [5.41, 5.74) is 10.0. The van der Waals surface area contributed by atoms with Gasteiger partial charge in [0.1, 0.15) is 0 Å². The minimum Gasteiger partial charge on any atom is -0.303 e. The Labute approximate surface area is 198 Å². The smallest absolute Gasteiger partial charge is 0.0906 e. The highest BCUT2D eigenvalue weighted by Gasteiger charge is 2.26. The second-order valence-electron chi connectivity index (χ2n) is 9.72. The van der Waals surface area contributed by atoms with Crippen molar-refractivity contribution < 1.29 is 4.39 Å². The molecule has 3 aromatic rings. The van der Waals surface area contributed by atoms with Crippen LogP contribution in [0.25, 0.3) is 5.57 Å². The number of fused-ring (bicyclic) bond motifs is 1. The second kappa shape index (κ2) is 10.5. The summed E-state index contributed by atoms with van der Waals surface area (Å²) in [5, 5.41) is 0. The molecule has 170 valence electrons. The molecule has 33 heavy (non-hydrogen) atoms. The quantitative estimate of drug-likeness (QED) is 0.369. The molecule has 2 heteroatoms. The van der Waals surface area contributed by atoms with Crippen LogP contribution < -0.4 is 0 Å². The van der Waals surface area contributed by atoms with Gasteiger partial charge in [0.25, 0.3) is 0 Å². The van der Waals surface area contributed by atoms with Gasteiger partial charge in [0.15, 0.2) is 0 Å². The molecule has 0 amide bonds. The zero-order valence-corrected chi connectivity index (χ0v) is 19.5. The Hall–Kier alpha value is -2.71. The first kappa shape index (κ1) is 22.1. The number of alkyl halides is 1. The van der Waals surface area contributed by atoms with Gasteiger partial charge >= 0.3 is 0 Å². The van der Waals surface area contributed by atoms with Gasteiger partial charge in [-0.1, -0.05) is 84.4 Å². The van der Waals surface area contributed by atoms with Gasteiger partial charge in [-0.05, 0) is 77.8 Å². The number of rotatable bonds is 8. The highest BCUT2D eigenvalue weighted by Crippen LogP contribution is 2.37. The van der Waals surface area contributed by atoms with Crippen molar-refractivity contribution in [3.63, 3.8) is 0 Å². The molecule has 3 aromatic carbocycles. The summed E-state index contributed by atoms with van der Waals surface area (Å²) in [6, 6.07) is 29.2. The number of nitrogens with zero attached hydrogens (tertiary/aromatic N) is 1. The van der Waals surface area contributed by atoms with Crippen LogP contribution in [-0.4, -0.2) is 31.2 Å². The summed E-state index contributed by atoms with van der Waals surface area (Å²) in [7, 11) is 0.